The highest BCUT2D eigenvalue weighted by atomic mass is 19.4. The summed E-state index contributed by atoms with van der Waals surface area (Å²) in [5.41, 5.74) is 1.88. The van der Waals surface area contributed by atoms with Crippen LogP contribution in [-0.2, 0) is 15.7 Å². The molecule has 2 atom stereocenters. The topological polar surface area (TPSA) is 127 Å². The number of anilines is 3. The highest BCUT2D eigenvalue weighted by molar-refractivity contribution is 6.19. The number of alkyl halides is 3. The smallest absolute Gasteiger partial charge is 0.402 e. The van der Waals surface area contributed by atoms with Gasteiger partial charge in [0, 0.05) is 23.9 Å². The SMILES string of the molecule is O=C1Nc2ccccc2C(c2ccccc2)=N[C@@H]1Nc1nnc(-c2ncc(C(F)(F)F)cc2N[C@@H]2CCOC2)o1. The van der Waals surface area contributed by atoms with E-state index >= 15 is 0 Å². The van der Waals surface area contributed by atoms with E-state index in [0.29, 0.717) is 37.2 Å². The van der Waals surface area contributed by atoms with Crippen molar-refractivity contribution in [3.05, 3.63) is 83.6 Å². The Labute approximate surface area is 225 Å². The van der Waals surface area contributed by atoms with Gasteiger partial charge in [-0.25, -0.2) is 9.98 Å². The van der Waals surface area contributed by atoms with E-state index in [4.69, 9.17) is 9.15 Å². The van der Waals surface area contributed by atoms with Crippen LogP contribution in [0.15, 0.2) is 76.3 Å². The van der Waals surface area contributed by atoms with Crippen molar-refractivity contribution in [2.24, 2.45) is 4.99 Å². The van der Waals surface area contributed by atoms with Crippen LogP contribution in [0.3, 0.4) is 0 Å². The molecule has 2 aromatic heterocycles. The Bertz CT molecular complexity index is 1570. The number of hydrogen-bond donors (Lipinski definition) is 3. The second-order valence-electron chi connectivity index (χ2n) is 9.16. The van der Waals surface area contributed by atoms with Gasteiger partial charge in [-0.05, 0) is 18.6 Å². The molecule has 0 spiro atoms. The first-order valence-corrected chi connectivity index (χ1v) is 12.4. The molecular weight excluding hydrogens is 527 g/mol. The number of rotatable bonds is 6. The zero-order chi connectivity index (χ0) is 27.7. The fourth-order valence-corrected chi connectivity index (χ4v) is 4.44. The summed E-state index contributed by atoms with van der Waals surface area (Å²) in [6.45, 7) is 0.833. The van der Waals surface area contributed by atoms with Crippen molar-refractivity contribution in [3.8, 4) is 11.6 Å². The number of nitrogens with zero attached hydrogens (tertiary/aromatic N) is 4. The van der Waals surface area contributed by atoms with Crippen molar-refractivity contribution in [1.29, 1.82) is 0 Å². The number of fused-ring (bicyclic) bond motifs is 1. The first-order valence-electron chi connectivity index (χ1n) is 12.4. The van der Waals surface area contributed by atoms with E-state index in [-0.39, 0.29) is 29.3 Å². The van der Waals surface area contributed by atoms with Gasteiger partial charge in [0.1, 0.15) is 0 Å². The molecule has 0 radical (unpaired) electrons. The van der Waals surface area contributed by atoms with E-state index in [2.05, 4.69) is 36.1 Å². The minimum Gasteiger partial charge on any atom is -0.402 e. The maximum Gasteiger partial charge on any atom is 0.417 e. The molecule has 1 saturated heterocycles. The molecule has 2 aromatic carbocycles. The molecule has 0 aliphatic carbocycles. The summed E-state index contributed by atoms with van der Waals surface area (Å²) >= 11 is 0. The molecule has 1 amide bonds. The summed E-state index contributed by atoms with van der Waals surface area (Å²) < 4.78 is 51.2. The third-order valence-electron chi connectivity index (χ3n) is 6.39. The molecule has 204 valence electrons. The number of carbonyl (C=O) groups excluding carboxylic acids is 1. The van der Waals surface area contributed by atoms with Gasteiger partial charge in [0.2, 0.25) is 6.17 Å². The lowest BCUT2D eigenvalue weighted by atomic mass is 10.0. The Morgan fingerprint density at radius 3 is 2.58 bits per heavy atom. The van der Waals surface area contributed by atoms with Gasteiger partial charge in [-0.15, -0.1) is 5.10 Å². The normalized spacial score (nSPS) is 18.9. The Balaban J connectivity index is 1.32. The maximum atomic E-state index is 13.4. The first-order chi connectivity index (χ1) is 19.3. The van der Waals surface area contributed by atoms with Crippen LogP contribution in [0, 0.1) is 0 Å². The highest BCUT2D eigenvalue weighted by Gasteiger charge is 2.33. The minimum absolute atomic E-state index is 0.0339. The number of hydrogen-bond acceptors (Lipinski definition) is 9. The highest BCUT2D eigenvalue weighted by Crippen LogP contribution is 2.35. The predicted molar refractivity (Wildman–Crippen MR) is 140 cm³/mol. The number of pyridine rings is 1. The van der Waals surface area contributed by atoms with Crippen LogP contribution >= 0.6 is 0 Å². The van der Waals surface area contributed by atoms with Crippen molar-refractivity contribution in [2.75, 3.05) is 29.2 Å². The molecule has 13 heteroatoms. The van der Waals surface area contributed by atoms with Crippen LogP contribution in [0.2, 0.25) is 0 Å². The van der Waals surface area contributed by atoms with Gasteiger partial charge in [-0.3, -0.25) is 4.79 Å². The second kappa shape index (κ2) is 10.4. The number of para-hydroxylation sites is 1. The van der Waals surface area contributed by atoms with Crippen LogP contribution in [0.4, 0.5) is 30.6 Å². The molecule has 0 bridgehead atoms. The van der Waals surface area contributed by atoms with Gasteiger partial charge in [0.05, 0.1) is 35.3 Å². The number of carbonyl (C=O) groups is 1. The van der Waals surface area contributed by atoms with E-state index in [1.54, 1.807) is 12.1 Å². The average Bonchev–Trinajstić information content (AvgIpc) is 3.61. The van der Waals surface area contributed by atoms with Crippen molar-refractivity contribution in [3.63, 3.8) is 0 Å². The minimum atomic E-state index is -4.59. The van der Waals surface area contributed by atoms with Gasteiger partial charge in [0.15, 0.2) is 5.69 Å². The number of aromatic nitrogens is 3. The maximum absolute atomic E-state index is 13.4. The molecule has 0 saturated carbocycles. The number of benzodiazepines with no additional fused rings is 1. The molecule has 1 fully saturated rings. The molecule has 2 aliphatic rings. The largest absolute Gasteiger partial charge is 0.417 e. The summed E-state index contributed by atoms with van der Waals surface area (Å²) in [6, 6.07) is 17.3. The quantitative estimate of drug-likeness (QED) is 0.319. The molecule has 4 heterocycles. The Kier molecular flexibility index (Phi) is 6.64. The van der Waals surface area contributed by atoms with Gasteiger partial charge in [0.25, 0.3) is 11.8 Å². The van der Waals surface area contributed by atoms with Gasteiger partial charge in [-0.1, -0.05) is 53.6 Å². The number of amides is 1. The summed E-state index contributed by atoms with van der Waals surface area (Å²) in [7, 11) is 0. The number of aliphatic imine (C=N–C) groups is 1. The van der Waals surface area contributed by atoms with Gasteiger partial charge >= 0.3 is 12.2 Å². The molecule has 0 unspecified atom stereocenters. The Hall–Kier alpha value is -4.78. The number of benzene rings is 2. The van der Waals surface area contributed by atoms with Crippen molar-refractivity contribution >= 4 is 29.0 Å². The van der Waals surface area contributed by atoms with E-state index in [0.717, 1.165) is 17.2 Å². The fraction of sp³-hybridized carbons (Fsp3) is 0.222. The van der Waals surface area contributed by atoms with Crippen molar-refractivity contribution in [2.45, 2.75) is 24.8 Å². The van der Waals surface area contributed by atoms with E-state index in [1.165, 1.54) is 0 Å². The zero-order valence-electron chi connectivity index (χ0n) is 20.8. The molecule has 10 nitrogen and oxygen atoms in total. The molecule has 2 aliphatic heterocycles. The van der Waals surface area contributed by atoms with Gasteiger partial charge in [-0.2, -0.15) is 13.2 Å². The zero-order valence-corrected chi connectivity index (χ0v) is 20.8. The lowest BCUT2D eigenvalue weighted by Crippen LogP contribution is -2.32. The number of ether oxygens (including phenoxy) is 1. The van der Waals surface area contributed by atoms with E-state index < -0.39 is 23.8 Å². The van der Waals surface area contributed by atoms with E-state index in [9.17, 15) is 18.0 Å². The third-order valence-corrected chi connectivity index (χ3v) is 6.39. The molecule has 6 rings (SSSR count). The summed E-state index contributed by atoms with van der Waals surface area (Å²) in [5, 5.41) is 16.6. The Morgan fingerprint density at radius 1 is 1.00 bits per heavy atom. The molecular formula is C27H22F3N7O3. The lowest BCUT2D eigenvalue weighted by molar-refractivity contribution is -0.137. The van der Waals surface area contributed by atoms with Crippen LogP contribution in [-0.4, -0.2) is 52.2 Å². The van der Waals surface area contributed by atoms with Gasteiger partial charge < -0.3 is 25.1 Å². The van der Waals surface area contributed by atoms with Crippen LogP contribution in [0.5, 0.6) is 0 Å². The van der Waals surface area contributed by atoms with Crippen molar-refractivity contribution in [1.82, 2.24) is 15.2 Å². The average molecular weight is 550 g/mol. The predicted octanol–water partition coefficient (Wildman–Crippen LogP) is 4.58. The summed E-state index contributed by atoms with van der Waals surface area (Å²) in [6.07, 6.45) is -4.42. The summed E-state index contributed by atoms with van der Waals surface area (Å²) in [5.74, 6) is -0.600. The summed E-state index contributed by atoms with van der Waals surface area (Å²) in [4.78, 5) is 21.7. The van der Waals surface area contributed by atoms with Crippen LogP contribution < -0.4 is 16.0 Å². The molecule has 40 heavy (non-hydrogen) atoms. The fourth-order valence-electron chi connectivity index (χ4n) is 4.44. The number of nitrogens with one attached hydrogen (secondary N) is 3. The monoisotopic (exact) mass is 549 g/mol. The molecule has 3 N–H and O–H groups in total. The van der Waals surface area contributed by atoms with Crippen LogP contribution in [0.25, 0.3) is 11.6 Å². The van der Waals surface area contributed by atoms with Crippen LogP contribution in [0.1, 0.15) is 23.1 Å². The third kappa shape index (κ3) is 5.23. The number of halogens is 3. The van der Waals surface area contributed by atoms with E-state index in [1.807, 2.05) is 42.5 Å². The lowest BCUT2D eigenvalue weighted by Gasteiger charge is -2.16. The molecule has 4 aromatic rings. The second-order valence-corrected chi connectivity index (χ2v) is 9.16. The first kappa shape index (κ1) is 25.5. The Morgan fingerprint density at radius 2 is 1.80 bits per heavy atom. The standard InChI is InChI=1S/C27H22F3N7O3/c28-27(29,30)16-12-20(32-17-10-11-39-14-17)22(31-13-16)25-36-37-26(40-25)35-23-24(38)33-19-9-5-4-8-18(19)21(34-23)15-6-2-1-3-7-15/h1-9,12-13,17,23,32H,10-11,14H2,(H,33,38)(H,35,37)/t17-,23-/m1/s1. The van der Waals surface area contributed by atoms with Crippen molar-refractivity contribution < 1.29 is 27.1 Å².